The predicted molar refractivity (Wildman–Crippen MR) is 133 cm³/mol. The molecule has 3 aromatic rings. The average molecular weight is 493 g/mol. The molecule has 0 aliphatic carbocycles. The van der Waals surface area contributed by atoms with Gasteiger partial charge in [0.2, 0.25) is 0 Å². The molecule has 1 atom stereocenters. The van der Waals surface area contributed by atoms with Crippen LogP contribution in [0.15, 0.2) is 46.9 Å². The number of nitrogens with zero attached hydrogens (tertiary/aromatic N) is 1. The zero-order valence-electron chi connectivity index (χ0n) is 20.3. The van der Waals surface area contributed by atoms with Gasteiger partial charge in [0, 0.05) is 38.2 Å². The van der Waals surface area contributed by atoms with Crippen molar-refractivity contribution in [1.82, 2.24) is 10.2 Å². The van der Waals surface area contributed by atoms with Gasteiger partial charge < -0.3 is 29.1 Å². The Hall–Kier alpha value is -3.07. The highest BCUT2D eigenvalue weighted by Crippen LogP contribution is 2.36. The maximum Gasteiger partial charge on any atom is 0.287 e. The highest BCUT2D eigenvalue weighted by molar-refractivity contribution is 5.96. The van der Waals surface area contributed by atoms with E-state index in [0.717, 1.165) is 61.5 Å². The molecular formula is C28H32N2O6. The van der Waals surface area contributed by atoms with E-state index in [4.69, 9.17) is 18.6 Å². The number of piperidine rings is 1. The van der Waals surface area contributed by atoms with Gasteiger partial charge in [-0.05, 0) is 67.1 Å². The molecule has 1 amide bonds. The number of benzene rings is 2. The summed E-state index contributed by atoms with van der Waals surface area (Å²) in [6, 6.07) is 13.6. The van der Waals surface area contributed by atoms with E-state index in [0.29, 0.717) is 38.2 Å². The maximum absolute atomic E-state index is 12.6. The smallest absolute Gasteiger partial charge is 0.287 e. The fourth-order valence-electron chi connectivity index (χ4n) is 5.36. The molecule has 2 aromatic carbocycles. The first kappa shape index (κ1) is 23.3. The average Bonchev–Trinajstić information content (AvgIpc) is 3.58. The Balaban J connectivity index is 1.09. The minimum Gasteiger partial charge on any atom is -0.486 e. The molecule has 36 heavy (non-hydrogen) atoms. The third-order valence-electron chi connectivity index (χ3n) is 7.49. The van der Waals surface area contributed by atoms with Gasteiger partial charge in [0.15, 0.2) is 17.3 Å². The second-order valence-corrected chi connectivity index (χ2v) is 9.99. The van der Waals surface area contributed by atoms with E-state index in [1.54, 1.807) is 6.07 Å². The van der Waals surface area contributed by atoms with Crippen LogP contribution in [0.25, 0.3) is 11.0 Å². The number of rotatable bonds is 6. The van der Waals surface area contributed by atoms with Crippen LogP contribution in [0.5, 0.6) is 11.5 Å². The molecule has 2 fully saturated rings. The fourth-order valence-corrected chi connectivity index (χ4v) is 5.36. The van der Waals surface area contributed by atoms with Crippen molar-refractivity contribution in [3.05, 3.63) is 59.4 Å². The lowest BCUT2D eigenvalue weighted by atomic mass is 9.84. The van der Waals surface area contributed by atoms with Crippen LogP contribution in [0, 0.1) is 0 Å². The van der Waals surface area contributed by atoms with E-state index in [2.05, 4.69) is 22.3 Å². The van der Waals surface area contributed by atoms with Crippen LogP contribution in [0.2, 0.25) is 0 Å². The van der Waals surface area contributed by atoms with Crippen LogP contribution in [0.4, 0.5) is 0 Å². The lowest BCUT2D eigenvalue weighted by Crippen LogP contribution is -2.42. The summed E-state index contributed by atoms with van der Waals surface area (Å²) in [4.78, 5) is 14.9. The number of ether oxygens (including phenoxy) is 3. The van der Waals surface area contributed by atoms with Gasteiger partial charge in [-0.2, -0.15) is 0 Å². The number of amides is 1. The second-order valence-electron chi connectivity index (χ2n) is 9.99. The Morgan fingerprint density at radius 3 is 2.67 bits per heavy atom. The standard InChI is InChI=1S/C28H32N2O6/c31-27(29-17-22-2-1-11-33-22)26-16-20-15-21(4-6-23(20)36-26)28(32)7-9-30(10-8-28)18-19-3-5-24-25(14-19)35-13-12-34-24/h3-6,14-16,22,32H,1-2,7-13,17-18H2,(H,29,31). The number of carbonyl (C=O) groups excluding carboxylic acids is 1. The lowest BCUT2D eigenvalue weighted by molar-refractivity contribution is -0.0276. The number of hydrogen-bond donors (Lipinski definition) is 2. The van der Waals surface area contributed by atoms with E-state index in [-0.39, 0.29) is 17.8 Å². The van der Waals surface area contributed by atoms with Gasteiger partial charge in [-0.1, -0.05) is 12.1 Å². The molecule has 4 heterocycles. The SMILES string of the molecule is O=C(NCC1CCCO1)c1cc2cc(C3(O)CCN(Cc4ccc5c(c4)OCCO5)CC3)ccc2o1. The first-order chi connectivity index (χ1) is 17.6. The normalized spacial score (nSPS) is 21.5. The van der Waals surface area contributed by atoms with Gasteiger partial charge in [-0.3, -0.25) is 9.69 Å². The van der Waals surface area contributed by atoms with Crippen LogP contribution >= 0.6 is 0 Å². The Kier molecular flexibility index (Phi) is 6.33. The molecular weight excluding hydrogens is 460 g/mol. The minimum atomic E-state index is -0.906. The molecule has 6 rings (SSSR count). The van der Waals surface area contributed by atoms with Gasteiger partial charge in [0.1, 0.15) is 18.8 Å². The van der Waals surface area contributed by atoms with Gasteiger partial charge in [-0.15, -0.1) is 0 Å². The van der Waals surface area contributed by atoms with E-state index >= 15 is 0 Å². The number of hydrogen-bond acceptors (Lipinski definition) is 7. The molecule has 0 saturated carbocycles. The van der Waals surface area contributed by atoms with Crippen LogP contribution in [-0.4, -0.2) is 61.5 Å². The van der Waals surface area contributed by atoms with Crippen molar-refractivity contribution in [1.29, 1.82) is 0 Å². The first-order valence-electron chi connectivity index (χ1n) is 12.8. The van der Waals surface area contributed by atoms with Crippen LogP contribution in [0.1, 0.15) is 47.4 Å². The third kappa shape index (κ3) is 4.81. The van der Waals surface area contributed by atoms with E-state index in [1.807, 2.05) is 24.3 Å². The van der Waals surface area contributed by atoms with Gasteiger partial charge in [0.25, 0.3) is 5.91 Å². The van der Waals surface area contributed by atoms with Gasteiger partial charge in [-0.25, -0.2) is 0 Å². The quantitative estimate of drug-likeness (QED) is 0.543. The van der Waals surface area contributed by atoms with Crippen molar-refractivity contribution >= 4 is 16.9 Å². The number of nitrogens with one attached hydrogen (secondary N) is 1. The van der Waals surface area contributed by atoms with Crippen molar-refractivity contribution < 1.29 is 28.5 Å². The molecule has 1 aromatic heterocycles. The van der Waals surface area contributed by atoms with Crippen LogP contribution in [-0.2, 0) is 16.9 Å². The first-order valence-corrected chi connectivity index (χ1v) is 12.8. The number of likely N-dealkylation sites (tertiary alicyclic amines) is 1. The molecule has 3 aliphatic heterocycles. The minimum absolute atomic E-state index is 0.0830. The van der Waals surface area contributed by atoms with E-state index < -0.39 is 5.60 Å². The largest absolute Gasteiger partial charge is 0.486 e. The zero-order chi connectivity index (χ0) is 24.5. The fraction of sp³-hybridized carbons (Fsp3) is 0.464. The highest BCUT2D eigenvalue weighted by Gasteiger charge is 2.34. The number of fused-ring (bicyclic) bond motifs is 2. The van der Waals surface area contributed by atoms with Crippen molar-refractivity contribution in [3.8, 4) is 11.5 Å². The van der Waals surface area contributed by atoms with Gasteiger partial charge >= 0.3 is 0 Å². The molecule has 1 unspecified atom stereocenters. The van der Waals surface area contributed by atoms with Crippen LogP contribution in [0.3, 0.4) is 0 Å². The lowest BCUT2D eigenvalue weighted by Gasteiger charge is -2.38. The van der Waals surface area contributed by atoms with Crippen molar-refractivity contribution in [2.24, 2.45) is 0 Å². The Morgan fingerprint density at radius 2 is 1.86 bits per heavy atom. The Bertz CT molecular complexity index is 1240. The van der Waals surface area contributed by atoms with E-state index in [9.17, 15) is 9.90 Å². The number of furan rings is 1. The molecule has 3 aliphatic rings. The number of aliphatic hydroxyl groups is 1. The Labute approximate surface area is 210 Å². The summed E-state index contributed by atoms with van der Waals surface area (Å²) >= 11 is 0. The summed E-state index contributed by atoms with van der Waals surface area (Å²) in [6.45, 7) is 4.78. The van der Waals surface area contributed by atoms with Crippen LogP contribution < -0.4 is 14.8 Å². The molecule has 0 spiro atoms. The van der Waals surface area contributed by atoms with E-state index in [1.165, 1.54) is 5.56 Å². The highest BCUT2D eigenvalue weighted by atomic mass is 16.6. The molecule has 190 valence electrons. The third-order valence-corrected chi connectivity index (χ3v) is 7.49. The molecule has 2 N–H and O–H groups in total. The summed E-state index contributed by atoms with van der Waals surface area (Å²) in [7, 11) is 0. The Morgan fingerprint density at radius 1 is 1.03 bits per heavy atom. The monoisotopic (exact) mass is 492 g/mol. The topological polar surface area (TPSA) is 93.4 Å². The summed E-state index contributed by atoms with van der Waals surface area (Å²) in [5.74, 6) is 1.65. The molecule has 8 heteroatoms. The molecule has 8 nitrogen and oxygen atoms in total. The second kappa shape index (κ2) is 9.76. The number of carbonyl (C=O) groups is 1. The van der Waals surface area contributed by atoms with Crippen molar-refractivity contribution in [2.45, 2.75) is 43.9 Å². The summed E-state index contributed by atoms with van der Waals surface area (Å²) < 4.78 is 22.7. The molecule has 0 bridgehead atoms. The summed E-state index contributed by atoms with van der Waals surface area (Å²) in [5.41, 5.74) is 1.77. The summed E-state index contributed by atoms with van der Waals surface area (Å²) in [6.07, 6.45) is 3.36. The predicted octanol–water partition coefficient (Wildman–Crippen LogP) is 3.60. The van der Waals surface area contributed by atoms with Gasteiger partial charge in [0.05, 0.1) is 11.7 Å². The molecule has 2 saturated heterocycles. The summed E-state index contributed by atoms with van der Waals surface area (Å²) in [5, 5.41) is 15.2. The van der Waals surface area contributed by atoms with Crippen molar-refractivity contribution in [3.63, 3.8) is 0 Å². The molecule has 0 radical (unpaired) electrons. The zero-order valence-corrected chi connectivity index (χ0v) is 20.3. The van der Waals surface area contributed by atoms with Crippen molar-refractivity contribution in [2.75, 3.05) is 39.5 Å². The maximum atomic E-state index is 12.6.